The number of amides is 2. The summed E-state index contributed by atoms with van der Waals surface area (Å²) in [5, 5.41) is 7.18. The average Bonchev–Trinajstić information content (AvgIpc) is 3.15. The smallest absolute Gasteiger partial charge is 0.252 e. The van der Waals surface area contributed by atoms with E-state index in [0.29, 0.717) is 12.2 Å². The summed E-state index contributed by atoms with van der Waals surface area (Å²) in [6.45, 7) is 4.32. The Morgan fingerprint density at radius 2 is 1.90 bits per heavy atom. The van der Waals surface area contributed by atoms with Gasteiger partial charge in [-0.3, -0.25) is 14.3 Å². The van der Waals surface area contributed by atoms with Crippen molar-refractivity contribution in [2.75, 3.05) is 17.3 Å². The Bertz CT molecular complexity index is 1080. The summed E-state index contributed by atoms with van der Waals surface area (Å²) >= 11 is 1.28. The van der Waals surface area contributed by atoms with Crippen molar-refractivity contribution in [3.63, 3.8) is 0 Å². The summed E-state index contributed by atoms with van der Waals surface area (Å²) < 4.78 is 0.516. The van der Waals surface area contributed by atoms with E-state index in [0.717, 1.165) is 16.1 Å². The average molecular weight is 407 g/mol. The number of nitrogens with zero attached hydrogens (tertiary/aromatic N) is 3. The van der Waals surface area contributed by atoms with E-state index >= 15 is 0 Å². The van der Waals surface area contributed by atoms with Crippen LogP contribution in [-0.4, -0.2) is 33.4 Å². The maximum absolute atomic E-state index is 13.0. The first-order chi connectivity index (χ1) is 13.9. The molecule has 2 amide bonds. The highest BCUT2D eigenvalue weighted by molar-refractivity contribution is 8.02. The molecule has 6 nitrogen and oxygen atoms in total. The van der Waals surface area contributed by atoms with Gasteiger partial charge in [0.15, 0.2) is 4.75 Å². The summed E-state index contributed by atoms with van der Waals surface area (Å²) in [6, 6.07) is 15.8. The highest BCUT2D eigenvalue weighted by atomic mass is 32.2. The first kappa shape index (κ1) is 19.3. The molecule has 1 aromatic heterocycles. The van der Waals surface area contributed by atoms with E-state index in [1.54, 1.807) is 35.9 Å². The highest BCUT2D eigenvalue weighted by Crippen LogP contribution is 2.45. The quantitative estimate of drug-likeness (QED) is 0.671. The number of hydrogen-bond donors (Lipinski definition) is 1. The number of fused-ring (bicyclic) bond motifs is 1. The van der Waals surface area contributed by atoms with Gasteiger partial charge in [-0.2, -0.15) is 5.10 Å². The molecule has 2 aromatic carbocycles. The van der Waals surface area contributed by atoms with Crippen LogP contribution in [0.5, 0.6) is 0 Å². The molecule has 1 N–H and O–H groups in total. The van der Waals surface area contributed by atoms with E-state index in [9.17, 15) is 9.59 Å². The molecule has 7 heteroatoms. The van der Waals surface area contributed by atoms with Crippen LogP contribution in [0.1, 0.15) is 18.1 Å². The molecule has 0 spiro atoms. The van der Waals surface area contributed by atoms with Gasteiger partial charge in [-0.15, -0.1) is 0 Å². The second kappa shape index (κ2) is 7.40. The number of thioether (sulfide) groups is 1. The molecular weight excluding hydrogens is 384 g/mol. The monoisotopic (exact) mass is 406 g/mol. The number of carbonyl (C=O) groups is 2. The lowest BCUT2D eigenvalue weighted by atomic mass is 10.1. The van der Waals surface area contributed by atoms with E-state index in [2.05, 4.69) is 34.7 Å². The van der Waals surface area contributed by atoms with Crippen LogP contribution in [0.3, 0.4) is 0 Å². The van der Waals surface area contributed by atoms with E-state index in [-0.39, 0.29) is 11.8 Å². The van der Waals surface area contributed by atoms with E-state index in [1.165, 1.54) is 17.3 Å². The van der Waals surface area contributed by atoms with Gasteiger partial charge in [-0.05, 0) is 31.5 Å². The fraction of sp³-hybridized carbons (Fsp3) is 0.227. The van der Waals surface area contributed by atoms with Crippen molar-refractivity contribution in [3.05, 3.63) is 72.1 Å². The van der Waals surface area contributed by atoms with E-state index in [4.69, 9.17) is 0 Å². The molecule has 0 aliphatic carbocycles. The van der Waals surface area contributed by atoms with Crippen LogP contribution in [0, 0.1) is 6.92 Å². The standard InChI is InChI=1S/C22H22N4O2S/c1-15-8-10-16(11-9-15)13-26-14-17(12-23-26)24-20(27)22(2)21(28)25(3)18-6-4-5-7-19(18)29-22/h4-12,14H,13H2,1-3H3,(H,24,27). The van der Waals surface area contributed by atoms with Crippen LogP contribution in [0.4, 0.5) is 11.4 Å². The normalized spacial score (nSPS) is 18.4. The molecule has 0 radical (unpaired) electrons. The third kappa shape index (κ3) is 3.65. The number of hydrogen-bond acceptors (Lipinski definition) is 4. The number of anilines is 2. The van der Waals surface area contributed by atoms with Crippen molar-refractivity contribution in [2.45, 2.75) is 30.0 Å². The van der Waals surface area contributed by atoms with Crippen LogP contribution < -0.4 is 10.2 Å². The first-order valence-electron chi connectivity index (χ1n) is 9.32. The number of benzene rings is 2. The fourth-order valence-electron chi connectivity index (χ4n) is 3.30. The summed E-state index contributed by atoms with van der Waals surface area (Å²) in [5.41, 5.74) is 3.72. The Balaban J connectivity index is 1.50. The molecule has 2 heterocycles. The van der Waals surface area contributed by atoms with E-state index < -0.39 is 4.75 Å². The van der Waals surface area contributed by atoms with Gasteiger partial charge >= 0.3 is 0 Å². The SMILES string of the molecule is Cc1ccc(Cn2cc(NC(=O)C3(C)Sc4ccccc4N(C)C3=O)cn2)cc1. The third-order valence-corrected chi connectivity index (χ3v) is 6.38. The predicted molar refractivity (Wildman–Crippen MR) is 115 cm³/mol. The summed E-state index contributed by atoms with van der Waals surface area (Å²) in [6.07, 6.45) is 3.38. The minimum absolute atomic E-state index is 0.245. The Labute approximate surface area is 173 Å². The van der Waals surface area contributed by atoms with Crippen molar-refractivity contribution < 1.29 is 9.59 Å². The van der Waals surface area contributed by atoms with Gasteiger partial charge < -0.3 is 10.2 Å². The summed E-state index contributed by atoms with van der Waals surface area (Å²) in [4.78, 5) is 28.4. The van der Waals surface area contributed by atoms with Gasteiger partial charge in [0.1, 0.15) is 0 Å². The Morgan fingerprint density at radius 1 is 1.17 bits per heavy atom. The van der Waals surface area contributed by atoms with Crippen molar-refractivity contribution >= 4 is 35.0 Å². The summed E-state index contributed by atoms with van der Waals surface area (Å²) in [5.74, 6) is -0.602. The molecular formula is C22H22N4O2S. The predicted octanol–water partition coefficient (Wildman–Crippen LogP) is 3.71. The highest BCUT2D eigenvalue weighted by Gasteiger charge is 2.48. The van der Waals surface area contributed by atoms with Gasteiger partial charge in [0, 0.05) is 18.1 Å². The zero-order valence-electron chi connectivity index (χ0n) is 16.5. The van der Waals surface area contributed by atoms with Crippen LogP contribution >= 0.6 is 11.8 Å². The minimum atomic E-state index is -1.25. The lowest BCUT2D eigenvalue weighted by Gasteiger charge is -2.36. The Hall–Kier alpha value is -3.06. The molecule has 0 saturated carbocycles. The number of aromatic nitrogens is 2. The molecule has 1 atom stereocenters. The van der Waals surface area contributed by atoms with Crippen molar-refractivity contribution in [1.29, 1.82) is 0 Å². The molecule has 0 saturated heterocycles. The van der Waals surface area contributed by atoms with Gasteiger partial charge in [0.25, 0.3) is 5.91 Å². The maximum Gasteiger partial charge on any atom is 0.252 e. The Kier molecular flexibility index (Phi) is 4.92. The number of aryl methyl sites for hydroxylation is 1. The number of para-hydroxylation sites is 1. The lowest BCUT2D eigenvalue weighted by Crippen LogP contribution is -2.53. The zero-order chi connectivity index (χ0) is 20.6. The number of rotatable bonds is 4. The van der Waals surface area contributed by atoms with Gasteiger partial charge in [0.05, 0.1) is 24.1 Å². The molecule has 148 valence electrons. The third-order valence-electron chi connectivity index (χ3n) is 5.04. The molecule has 4 rings (SSSR count). The van der Waals surface area contributed by atoms with Crippen LogP contribution in [0.2, 0.25) is 0 Å². The van der Waals surface area contributed by atoms with E-state index in [1.807, 2.05) is 31.2 Å². The topological polar surface area (TPSA) is 67.2 Å². The zero-order valence-corrected chi connectivity index (χ0v) is 17.4. The largest absolute Gasteiger partial charge is 0.322 e. The van der Waals surface area contributed by atoms with Crippen LogP contribution in [-0.2, 0) is 16.1 Å². The van der Waals surface area contributed by atoms with Crippen LogP contribution in [0.15, 0.2) is 65.8 Å². The second-order valence-electron chi connectivity index (χ2n) is 7.33. The molecule has 1 unspecified atom stereocenters. The van der Waals surface area contributed by atoms with Gasteiger partial charge in [-0.25, -0.2) is 0 Å². The second-order valence-corrected chi connectivity index (χ2v) is 8.79. The van der Waals surface area contributed by atoms with Gasteiger partial charge in [-0.1, -0.05) is 53.7 Å². The minimum Gasteiger partial charge on any atom is -0.322 e. The Morgan fingerprint density at radius 3 is 2.66 bits per heavy atom. The lowest BCUT2D eigenvalue weighted by molar-refractivity contribution is -0.128. The molecule has 3 aromatic rings. The van der Waals surface area contributed by atoms with Crippen LogP contribution in [0.25, 0.3) is 0 Å². The number of nitrogens with one attached hydrogen (secondary N) is 1. The molecule has 0 bridgehead atoms. The van der Waals surface area contributed by atoms with Crippen molar-refractivity contribution in [1.82, 2.24) is 9.78 Å². The number of carbonyl (C=O) groups excluding carboxylic acids is 2. The molecule has 1 aliphatic rings. The van der Waals surface area contributed by atoms with Gasteiger partial charge in [0.2, 0.25) is 5.91 Å². The van der Waals surface area contributed by atoms with Crippen molar-refractivity contribution in [2.24, 2.45) is 0 Å². The molecule has 0 fully saturated rings. The first-order valence-corrected chi connectivity index (χ1v) is 10.1. The fourth-order valence-corrected chi connectivity index (χ4v) is 4.57. The van der Waals surface area contributed by atoms with Crippen molar-refractivity contribution in [3.8, 4) is 0 Å². The maximum atomic E-state index is 13.0. The molecule has 1 aliphatic heterocycles. The summed E-state index contributed by atoms with van der Waals surface area (Å²) in [7, 11) is 1.70. The molecule has 29 heavy (non-hydrogen) atoms.